The number of hydrogen-bond donors (Lipinski definition) is 1. The first-order chi connectivity index (χ1) is 15.7. The molecule has 3 aromatic rings. The lowest BCUT2D eigenvalue weighted by Crippen LogP contribution is -2.40. The molecule has 7 heteroatoms. The van der Waals surface area contributed by atoms with Crippen molar-refractivity contribution in [3.05, 3.63) is 66.5 Å². The Balaban J connectivity index is 1.42. The molecule has 0 aliphatic carbocycles. The lowest BCUT2D eigenvalue weighted by Gasteiger charge is -2.32. The molecular formula is C25H28N4O2S. The maximum atomic E-state index is 13.1. The van der Waals surface area contributed by atoms with E-state index in [1.54, 1.807) is 7.11 Å². The van der Waals surface area contributed by atoms with Gasteiger partial charge in [-0.2, -0.15) is 0 Å². The lowest BCUT2D eigenvalue weighted by molar-refractivity contribution is -0.121. The smallest absolute Gasteiger partial charge is 0.228 e. The molecule has 1 aliphatic heterocycles. The van der Waals surface area contributed by atoms with Gasteiger partial charge in [0.25, 0.3) is 0 Å². The Bertz CT molecular complexity index is 1040. The second-order valence-corrected chi connectivity index (χ2v) is 8.69. The Morgan fingerprint density at radius 1 is 1.16 bits per heavy atom. The van der Waals surface area contributed by atoms with Crippen LogP contribution in [0.15, 0.2) is 66.1 Å². The number of likely N-dealkylation sites (tertiary alicyclic amines) is 1. The van der Waals surface area contributed by atoms with Crippen molar-refractivity contribution in [3.8, 4) is 16.9 Å². The molecule has 6 nitrogen and oxygen atoms in total. The Hall–Kier alpha value is -2.90. The molecular weight excluding hydrogens is 420 g/mol. The van der Waals surface area contributed by atoms with Crippen LogP contribution in [0.25, 0.3) is 11.1 Å². The van der Waals surface area contributed by atoms with Gasteiger partial charge in [0.1, 0.15) is 5.75 Å². The number of aromatic nitrogens is 2. The Morgan fingerprint density at radius 3 is 2.62 bits per heavy atom. The molecule has 1 saturated heterocycles. The number of ether oxygens (including phenoxy) is 1. The predicted molar refractivity (Wildman–Crippen MR) is 129 cm³/mol. The molecule has 166 valence electrons. The minimum atomic E-state index is -0.0425. The molecule has 4 rings (SSSR count). The number of hydrogen-bond acceptors (Lipinski definition) is 6. The summed E-state index contributed by atoms with van der Waals surface area (Å²) in [7, 11) is 1.66. The van der Waals surface area contributed by atoms with Crippen molar-refractivity contribution < 1.29 is 9.53 Å². The van der Waals surface area contributed by atoms with Gasteiger partial charge < -0.3 is 10.1 Å². The molecule has 0 spiro atoms. The van der Waals surface area contributed by atoms with Gasteiger partial charge in [0.05, 0.1) is 13.0 Å². The fourth-order valence-corrected chi connectivity index (χ4v) is 4.37. The molecule has 0 bridgehead atoms. The van der Waals surface area contributed by atoms with Gasteiger partial charge >= 0.3 is 0 Å². The van der Waals surface area contributed by atoms with Crippen LogP contribution in [0, 0.1) is 5.92 Å². The second kappa shape index (κ2) is 10.6. The zero-order valence-corrected chi connectivity index (χ0v) is 19.3. The summed E-state index contributed by atoms with van der Waals surface area (Å²) in [6.45, 7) is 2.48. The average molecular weight is 449 g/mol. The minimum absolute atomic E-state index is 0.0425. The van der Waals surface area contributed by atoms with Crippen LogP contribution in [0.1, 0.15) is 18.4 Å². The van der Waals surface area contributed by atoms with Crippen molar-refractivity contribution >= 4 is 23.4 Å². The number of rotatable bonds is 7. The van der Waals surface area contributed by atoms with E-state index >= 15 is 0 Å². The predicted octanol–water partition coefficient (Wildman–Crippen LogP) is 4.72. The average Bonchev–Trinajstić information content (AvgIpc) is 2.85. The molecule has 0 unspecified atom stereocenters. The zero-order chi connectivity index (χ0) is 22.3. The molecule has 1 aliphatic rings. The van der Waals surface area contributed by atoms with Gasteiger partial charge in [0.15, 0.2) is 5.16 Å². The van der Waals surface area contributed by atoms with Crippen molar-refractivity contribution in [2.24, 2.45) is 5.92 Å². The number of para-hydroxylation sites is 1. The van der Waals surface area contributed by atoms with Gasteiger partial charge in [0.2, 0.25) is 5.91 Å². The first kappa shape index (κ1) is 22.3. The summed E-state index contributed by atoms with van der Waals surface area (Å²) in [5, 5.41) is 3.96. The SMILES string of the molecule is COc1ccc(-c2ccccc2NC(=O)[C@H]2CCCN(Cc3cnc(SC)nc3)C2)cc1. The van der Waals surface area contributed by atoms with Crippen molar-refractivity contribution in [3.63, 3.8) is 0 Å². The van der Waals surface area contributed by atoms with Crippen LogP contribution in [0.2, 0.25) is 0 Å². The standard InChI is InChI=1S/C25H28N4O2S/c1-31-21-11-9-19(10-12-21)22-7-3-4-8-23(22)28-24(30)20-6-5-13-29(17-20)16-18-14-26-25(32-2)27-15-18/h3-4,7-12,14-15,20H,5-6,13,16-17H2,1-2H3,(H,28,30)/t20-/m0/s1. The summed E-state index contributed by atoms with van der Waals surface area (Å²) in [6, 6.07) is 15.8. The number of methoxy groups -OCH3 is 1. The number of carbonyl (C=O) groups excluding carboxylic acids is 1. The molecule has 1 amide bonds. The number of nitrogens with zero attached hydrogens (tertiary/aromatic N) is 3. The third-order valence-electron chi connectivity index (χ3n) is 5.73. The summed E-state index contributed by atoms with van der Waals surface area (Å²) >= 11 is 1.54. The lowest BCUT2D eigenvalue weighted by atomic mass is 9.96. The number of amides is 1. The number of thioether (sulfide) groups is 1. The Kier molecular flexibility index (Phi) is 7.39. The summed E-state index contributed by atoms with van der Waals surface area (Å²) in [5.74, 6) is 0.842. The van der Waals surface area contributed by atoms with Gasteiger partial charge in [-0.1, -0.05) is 42.1 Å². The summed E-state index contributed by atoms with van der Waals surface area (Å²) in [4.78, 5) is 24.2. The highest BCUT2D eigenvalue weighted by atomic mass is 32.2. The molecule has 1 atom stereocenters. The van der Waals surface area contributed by atoms with Crippen LogP contribution in [-0.4, -0.2) is 47.2 Å². The number of benzene rings is 2. The molecule has 1 N–H and O–H groups in total. The van der Waals surface area contributed by atoms with E-state index in [4.69, 9.17) is 4.74 Å². The van der Waals surface area contributed by atoms with Crippen LogP contribution >= 0.6 is 11.8 Å². The number of nitrogens with one attached hydrogen (secondary N) is 1. The van der Waals surface area contributed by atoms with Gasteiger partial charge in [-0.3, -0.25) is 9.69 Å². The summed E-state index contributed by atoms with van der Waals surface area (Å²) in [6.07, 6.45) is 7.63. The van der Waals surface area contributed by atoms with E-state index in [-0.39, 0.29) is 11.8 Å². The van der Waals surface area contributed by atoms with Crippen molar-refractivity contribution in [1.82, 2.24) is 14.9 Å². The normalized spacial score (nSPS) is 16.5. The van der Waals surface area contributed by atoms with Crippen molar-refractivity contribution in [2.45, 2.75) is 24.5 Å². The van der Waals surface area contributed by atoms with Crippen LogP contribution < -0.4 is 10.1 Å². The number of piperidine rings is 1. The van der Waals surface area contributed by atoms with Crippen LogP contribution in [-0.2, 0) is 11.3 Å². The molecule has 0 saturated carbocycles. The first-order valence-corrected chi connectivity index (χ1v) is 12.0. The fourth-order valence-electron chi connectivity index (χ4n) is 4.05. The highest BCUT2D eigenvalue weighted by Crippen LogP contribution is 2.30. The maximum Gasteiger partial charge on any atom is 0.228 e. The van der Waals surface area contributed by atoms with E-state index in [1.807, 2.05) is 67.2 Å². The van der Waals surface area contributed by atoms with Crippen LogP contribution in [0.3, 0.4) is 0 Å². The number of anilines is 1. The van der Waals surface area contributed by atoms with E-state index in [0.29, 0.717) is 0 Å². The Morgan fingerprint density at radius 2 is 1.91 bits per heavy atom. The van der Waals surface area contributed by atoms with Gasteiger partial charge in [0, 0.05) is 42.3 Å². The third kappa shape index (κ3) is 5.47. The maximum absolute atomic E-state index is 13.1. The monoisotopic (exact) mass is 448 g/mol. The molecule has 2 aromatic carbocycles. The zero-order valence-electron chi connectivity index (χ0n) is 18.5. The van der Waals surface area contributed by atoms with Gasteiger partial charge in [-0.25, -0.2) is 9.97 Å². The first-order valence-electron chi connectivity index (χ1n) is 10.8. The fraction of sp³-hybridized carbons (Fsp3) is 0.320. The number of carbonyl (C=O) groups is 1. The van der Waals surface area contributed by atoms with E-state index in [0.717, 1.165) is 65.8 Å². The van der Waals surface area contributed by atoms with Gasteiger partial charge in [-0.15, -0.1) is 0 Å². The Labute approximate surface area is 193 Å². The van der Waals surface area contributed by atoms with Crippen molar-refractivity contribution in [2.75, 3.05) is 31.8 Å². The second-order valence-electron chi connectivity index (χ2n) is 7.92. The largest absolute Gasteiger partial charge is 0.497 e. The molecule has 1 aromatic heterocycles. The summed E-state index contributed by atoms with van der Waals surface area (Å²) < 4.78 is 5.26. The quantitative estimate of drug-likeness (QED) is 0.417. The van der Waals surface area contributed by atoms with Crippen LogP contribution in [0.5, 0.6) is 5.75 Å². The highest BCUT2D eigenvalue weighted by Gasteiger charge is 2.26. The van der Waals surface area contributed by atoms with Crippen molar-refractivity contribution in [1.29, 1.82) is 0 Å². The highest BCUT2D eigenvalue weighted by molar-refractivity contribution is 7.98. The van der Waals surface area contributed by atoms with E-state index in [2.05, 4.69) is 20.2 Å². The van der Waals surface area contributed by atoms with E-state index in [1.165, 1.54) is 11.8 Å². The van der Waals surface area contributed by atoms with E-state index < -0.39 is 0 Å². The van der Waals surface area contributed by atoms with E-state index in [9.17, 15) is 4.79 Å². The molecule has 2 heterocycles. The summed E-state index contributed by atoms with van der Waals surface area (Å²) in [5.41, 5.74) is 3.96. The molecule has 32 heavy (non-hydrogen) atoms. The van der Waals surface area contributed by atoms with Crippen LogP contribution in [0.4, 0.5) is 5.69 Å². The van der Waals surface area contributed by atoms with Gasteiger partial charge in [-0.05, 0) is 49.4 Å². The minimum Gasteiger partial charge on any atom is -0.497 e. The third-order valence-corrected chi connectivity index (χ3v) is 6.31. The molecule has 0 radical (unpaired) electrons. The topological polar surface area (TPSA) is 67.3 Å². The molecule has 1 fully saturated rings.